The summed E-state index contributed by atoms with van der Waals surface area (Å²) in [4.78, 5) is 46.4. The smallest absolute Gasteiger partial charge is 0.270 e. The topological polar surface area (TPSA) is 128 Å². The molecule has 4 rings (SSSR count). The van der Waals surface area contributed by atoms with Crippen LogP contribution in [0.3, 0.4) is 0 Å². The number of benzene rings is 3. The van der Waals surface area contributed by atoms with E-state index in [0.717, 1.165) is 0 Å². The van der Waals surface area contributed by atoms with Gasteiger partial charge in [0.1, 0.15) is 5.75 Å². The van der Waals surface area contributed by atoms with Crippen molar-refractivity contribution < 1.29 is 24.0 Å². The number of anilines is 1. The summed E-state index contributed by atoms with van der Waals surface area (Å²) < 4.78 is 5.80. The fraction of sp³-hybridized carbons (Fsp3) is 0. The summed E-state index contributed by atoms with van der Waals surface area (Å²) >= 11 is 0. The minimum Gasteiger partial charge on any atom is -0.455 e. The molecule has 148 valence electrons. The van der Waals surface area contributed by atoms with Gasteiger partial charge in [-0.3, -0.25) is 29.8 Å². The van der Waals surface area contributed by atoms with Crippen molar-refractivity contribution in [3.63, 3.8) is 0 Å². The maximum atomic E-state index is 12.5. The Morgan fingerprint density at radius 1 is 0.933 bits per heavy atom. The Labute approximate surface area is 169 Å². The normalized spacial score (nSPS) is 12.1. The summed E-state index contributed by atoms with van der Waals surface area (Å²) in [7, 11) is 0. The van der Waals surface area contributed by atoms with Crippen LogP contribution in [0.4, 0.5) is 11.4 Å². The molecule has 0 fully saturated rings. The Hall–Kier alpha value is -4.53. The van der Waals surface area contributed by atoms with Gasteiger partial charge in [0.25, 0.3) is 23.4 Å². The van der Waals surface area contributed by atoms with Crippen molar-refractivity contribution in [2.75, 3.05) is 5.32 Å². The molecule has 3 aromatic carbocycles. The number of ether oxygens (including phenoxy) is 1. The van der Waals surface area contributed by atoms with Crippen LogP contribution in [-0.2, 0) is 0 Å². The number of amides is 3. The maximum absolute atomic E-state index is 12.5. The van der Waals surface area contributed by atoms with Crippen LogP contribution in [0.15, 0.2) is 66.7 Å². The van der Waals surface area contributed by atoms with Crippen LogP contribution in [0, 0.1) is 10.1 Å². The predicted molar refractivity (Wildman–Crippen MR) is 106 cm³/mol. The van der Waals surface area contributed by atoms with Gasteiger partial charge in [-0.15, -0.1) is 0 Å². The lowest BCUT2D eigenvalue weighted by molar-refractivity contribution is -0.384. The molecule has 0 radical (unpaired) electrons. The number of hydrogen-bond donors (Lipinski definition) is 2. The zero-order chi connectivity index (χ0) is 21.3. The summed E-state index contributed by atoms with van der Waals surface area (Å²) in [5.74, 6) is -0.927. The fourth-order valence-electron chi connectivity index (χ4n) is 2.95. The molecule has 0 saturated carbocycles. The Morgan fingerprint density at radius 2 is 1.70 bits per heavy atom. The Kier molecular flexibility index (Phi) is 4.69. The van der Waals surface area contributed by atoms with E-state index in [-0.39, 0.29) is 22.4 Å². The summed E-state index contributed by atoms with van der Waals surface area (Å²) in [5, 5.41) is 15.8. The first kappa shape index (κ1) is 18.8. The molecule has 2 N–H and O–H groups in total. The number of nitro groups is 1. The fourth-order valence-corrected chi connectivity index (χ4v) is 2.95. The van der Waals surface area contributed by atoms with Crippen molar-refractivity contribution in [3.05, 3.63) is 93.5 Å². The number of carbonyl (C=O) groups is 3. The van der Waals surface area contributed by atoms with Gasteiger partial charge in [0, 0.05) is 17.7 Å². The van der Waals surface area contributed by atoms with Crippen LogP contribution < -0.4 is 15.4 Å². The van der Waals surface area contributed by atoms with Crippen LogP contribution in [0.2, 0.25) is 0 Å². The molecule has 0 aromatic heterocycles. The van der Waals surface area contributed by atoms with Crippen molar-refractivity contribution in [1.82, 2.24) is 5.32 Å². The molecule has 30 heavy (non-hydrogen) atoms. The third-order valence-electron chi connectivity index (χ3n) is 4.39. The van der Waals surface area contributed by atoms with Gasteiger partial charge in [-0.1, -0.05) is 18.2 Å². The quantitative estimate of drug-likeness (QED) is 0.381. The molecule has 3 amide bonds. The number of fused-ring (bicyclic) bond motifs is 1. The van der Waals surface area contributed by atoms with Crippen molar-refractivity contribution in [3.8, 4) is 11.5 Å². The summed E-state index contributed by atoms with van der Waals surface area (Å²) in [6.45, 7) is 0. The standard InChI is InChI=1S/C21H13N3O6/c25-19(12-4-3-5-13(10-12)24(28)29)22-17-6-1-2-7-18(17)30-14-8-9-15-16(11-14)21(27)23-20(15)26/h1-11H,(H,22,25)(H,23,26,27). The van der Waals surface area contributed by atoms with Gasteiger partial charge in [0.2, 0.25) is 0 Å². The third-order valence-corrected chi connectivity index (χ3v) is 4.39. The van der Waals surface area contributed by atoms with Gasteiger partial charge in [-0.25, -0.2) is 0 Å². The molecule has 3 aromatic rings. The number of nitro benzene ring substituents is 1. The van der Waals surface area contributed by atoms with E-state index in [2.05, 4.69) is 10.6 Å². The second kappa shape index (κ2) is 7.47. The lowest BCUT2D eigenvalue weighted by Crippen LogP contribution is -2.19. The van der Waals surface area contributed by atoms with Gasteiger partial charge in [-0.05, 0) is 36.4 Å². The van der Waals surface area contributed by atoms with Gasteiger partial charge in [-0.2, -0.15) is 0 Å². The largest absolute Gasteiger partial charge is 0.455 e. The molecule has 9 nitrogen and oxygen atoms in total. The highest BCUT2D eigenvalue weighted by molar-refractivity contribution is 6.21. The van der Waals surface area contributed by atoms with Crippen LogP contribution in [0.1, 0.15) is 31.1 Å². The molecule has 0 atom stereocenters. The second-order valence-electron chi connectivity index (χ2n) is 6.35. The predicted octanol–water partition coefficient (Wildman–Crippen LogP) is 3.52. The zero-order valence-corrected chi connectivity index (χ0v) is 15.2. The molecule has 0 unspecified atom stereocenters. The highest BCUT2D eigenvalue weighted by Gasteiger charge is 2.27. The molecule has 1 aliphatic rings. The Bertz CT molecular complexity index is 1220. The maximum Gasteiger partial charge on any atom is 0.270 e. The minimum atomic E-state index is -0.581. The van der Waals surface area contributed by atoms with E-state index in [0.29, 0.717) is 17.2 Å². The first-order chi connectivity index (χ1) is 14.4. The summed E-state index contributed by atoms with van der Waals surface area (Å²) in [5.41, 5.74) is 0.718. The second-order valence-corrected chi connectivity index (χ2v) is 6.35. The van der Waals surface area contributed by atoms with Crippen LogP contribution >= 0.6 is 0 Å². The molecular formula is C21H13N3O6. The highest BCUT2D eigenvalue weighted by atomic mass is 16.6. The Balaban J connectivity index is 1.58. The zero-order valence-electron chi connectivity index (χ0n) is 15.2. The number of nitrogens with zero attached hydrogens (tertiary/aromatic N) is 1. The van der Waals surface area contributed by atoms with E-state index in [1.165, 1.54) is 42.5 Å². The molecule has 9 heteroatoms. The monoisotopic (exact) mass is 403 g/mol. The molecular weight excluding hydrogens is 390 g/mol. The molecule has 0 aliphatic carbocycles. The first-order valence-corrected chi connectivity index (χ1v) is 8.75. The molecule has 1 aliphatic heterocycles. The highest BCUT2D eigenvalue weighted by Crippen LogP contribution is 2.31. The molecule has 0 spiro atoms. The third kappa shape index (κ3) is 3.59. The number of hydrogen-bond acceptors (Lipinski definition) is 6. The number of rotatable bonds is 5. The van der Waals surface area contributed by atoms with E-state index in [1.807, 2.05) is 0 Å². The van der Waals surface area contributed by atoms with E-state index >= 15 is 0 Å². The van der Waals surface area contributed by atoms with E-state index in [9.17, 15) is 24.5 Å². The van der Waals surface area contributed by atoms with Gasteiger partial charge >= 0.3 is 0 Å². The lowest BCUT2D eigenvalue weighted by atomic mass is 10.1. The van der Waals surface area contributed by atoms with Gasteiger partial charge in [0.05, 0.1) is 21.7 Å². The average molecular weight is 403 g/mol. The number of non-ortho nitro benzene ring substituents is 1. The molecule has 1 heterocycles. The Morgan fingerprint density at radius 3 is 2.50 bits per heavy atom. The van der Waals surface area contributed by atoms with Gasteiger partial charge in [0.15, 0.2) is 5.75 Å². The van der Waals surface area contributed by atoms with Crippen LogP contribution in [0.25, 0.3) is 0 Å². The number of imide groups is 1. The van der Waals surface area contributed by atoms with Crippen LogP contribution in [0.5, 0.6) is 11.5 Å². The van der Waals surface area contributed by atoms with Crippen molar-refractivity contribution in [2.45, 2.75) is 0 Å². The summed E-state index contributed by atoms with van der Waals surface area (Å²) in [6.07, 6.45) is 0. The van der Waals surface area contributed by atoms with E-state index in [1.54, 1.807) is 24.3 Å². The van der Waals surface area contributed by atoms with Crippen molar-refractivity contribution in [1.29, 1.82) is 0 Å². The first-order valence-electron chi connectivity index (χ1n) is 8.75. The summed E-state index contributed by atoms with van der Waals surface area (Å²) in [6, 6.07) is 16.4. The average Bonchev–Trinajstić information content (AvgIpc) is 3.02. The van der Waals surface area contributed by atoms with Crippen molar-refractivity contribution in [2.24, 2.45) is 0 Å². The van der Waals surface area contributed by atoms with E-state index < -0.39 is 22.6 Å². The van der Waals surface area contributed by atoms with E-state index in [4.69, 9.17) is 4.74 Å². The van der Waals surface area contributed by atoms with Gasteiger partial charge < -0.3 is 10.1 Å². The number of para-hydroxylation sites is 2. The van der Waals surface area contributed by atoms with Crippen molar-refractivity contribution >= 4 is 29.1 Å². The van der Waals surface area contributed by atoms with Crippen LogP contribution in [-0.4, -0.2) is 22.6 Å². The molecule has 0 saturated heterocycles. The SMILES string of the molecule is O=C(Nc1ccccc1Oc1ccc2c(c1)C(=O)NC2=O)c1cccc([N+](=O)[O-])c1. The lowest BCUT2D eigenvalue weighted by Gasteiger charge is -2.12. The number of nitrogens with one attached hydrogen (secondary N) is 2. The minimum absolute atomic E-state index is 0.117. The molecule has 0 bridgehead atoms. The number of carbonyl (C=O) groups excluding carboxylic acids is 3.